The quantitative estimate of drug-likeness (QED) is 0.384. The van der Waals surface area contributed by atoms with Gasteiger partial charge in [0.05, 0.1) is 12.7 Å². The molecule has 0 amide bonds. The number of benzene rings is 1. The summed E-state index contributed by atoms with van der Waals surface area (Å²) in [4.78, 5) is 11.3. The molecule has 0 aliphatic heterocycles. The molecule has 0 saturated carbocycles. The van der Waals surface area contributed by atoms with E-state index in [0.717, 1.165) is 0 Å². The highest BCUT2D eigenvalue weighted by molar-refractivity contribution is 5.83. The molecule has 0 aliphatic rings. The number of rotatable bonds is 6. The Morgan fingerprint density at radius 1 is 1.22 bits per heavy atom. The van der Waals surface area contributed by atoms with Gasteiger partial charge in [-0.15, -0.1) is 0 Å². The molecule has 0 aliphatic carbocycles. The summed E-state index contributed by atoms with van der Waals surface area (Å²) >= 11 is 0. The molecule has 1 aromatic carbocycles. The average molecular weight is 252 g/mol. The number of esters is 1. The van der Waals surface area contributed by atoms with E-state index in [9.17, 15) is 9.90 Å². The fourth-order valence-corrected chi connectivity index (χ4v) is 1.22. The Balaban J connectivity index is 2.36. The fraction of sp³-hybridized carbons (Fsp3) is 0.308. The summed E-state index contributed by atoms with van der Waals surface area (Å²) in [7, 11) is 0. The Kier molecular flexibility index (Phi) is 6.07. The maximum Gasteiger partial charge on any atom is 0.335 e. The van der Waals surface area contributed by atoms with Crippen LogP contribution < -0.4 is 4.74 Å². The van der Waals surface area contributed by atoms with Gasteiger partial charge >= 0.3 is 5.97 Å². The second-order valence-corrected chi connectivity index (χ2v) is 3.69. The van der Waals surface area contributed by atoms with E-state index in [1.165, 1.54) is 12.2 Å². The van der Waals surface area contributed by atoms with Crippen molar-refractivity contribution in [3.8, 4) is 5.75 Å². The van der Waals surface area contributed by atoms with Gasteiger partial charge in [-0.2, -0.15) is 0 Å². The molecule has 0 saturated heterocycles. The van der Waals surface area contributed by atoms with Gasteiger partial charge in [-0.25, -0.2) is 4.79 Å². The minimum Gasteiger partial charge on any atom is -0.423 e. The Morgan fingerprint density at radius 3 is 2.50 bits per heavy atom. The van der Waals surface area contributed by atoms with E-state index in [0.29, 0.717) is 5.75 Å². The number of para-hydroxylation sites is 1. The van der Waals surface area contributed by atoms with Gasteiger partial charge in [-0.1, -0.05) is 24.3 Å². The molecule has 5 nitrogen and oxygen atoms in total. The first-order chi connectivity index (χ1) is 8.63. The average Bonchev–Trinajstić information content (AvgIpc) is 2.38. The Labute approximate surface area is 105 Å². The molecule has 0 aromatic heterocycles. The van der Waals surface area contributed by atoms with E-state index in [1.54, 1.807) is 30.3 Å². The number of carbonyl (C=O) groups excluding carboxylic acids is 1. The van der Waals surface area contributed by atoms with Crippen molar-refractivity contribution in [3.05, 3.63) is 42.5 Å². The third-order valence-electron chi connectivity index (χ3n) is 2.22. The number of aliphatic hydroxyl groups is 3. The smallest absolute Gasteiger partial charge is 0.335 e. The molecule has 1 aromatic rings. The second-order valence-electron chi connectivity index (χ2n) is 3.69. The topological polar surface area (TPSA) is 87.0 Å². The molecule has 0 spiro atoms. The lowest BCUT2D eigenvalue weighted by molar-refractivity contribution is -0.129. The predicted molar refractivity (Wildman–Crippen MR) is 64.9 cm³/mol. The monoisotopic (exact) mass is 252 g/mol. The zero-order valence-corrected chi connectivity index (χ0v) is 9.77. The van der Waals surface area contributed by atoms with E-state index in [-0.39, 0.29) is 6.42 Å². The molecule has 0 bridgehead atoms. The largest absolute Gasteiger partial charge is 0.423 e. The van der Waals surface area contributed by atoms with E-state index in [1.807, 2.05) is 0 Å². The van der Waals surface area contributed by atoms with Crippen LogP contribution >= 0.6 is 0 Å². The Morgan fingerprint density at radius 2 is 1.89 bits per heavy atom. The highest BCUT2D eigenvalue weighted by atomic mass is 16.5. The van der Waals surface area contributed by atoms with Crippen LogP contribution in [0, 0.1) is 0 Å². The minimum atomic E-state index is -1.21. The molecular formula is C13H16O5. The first-order valence-electron chi connectivity index (χ1n) is 5.54. The van der Waals surface area contributed by atoms with Crippen molar-refractivity contribution in [2.24, 2.45) is 0 Å². The van der Waals surface area contributed by atoms with Crippen LogP contribution in [0.3, 0.4) is 0 Å². The standard InChI is InChI=1S/C13H16O5/c14-9-12(16)11(15)7-4-8-13(17)18-10-5-2-1-3-6-10/h1-6,8,11-12,14-16H,7,9H2/b8-4+/t11-,12+/m1/s1. The van der Waals surface area contributed by atoms with Crippen LogP contribution in [0.15, 0.2) is 42.5 Å². The zero-order valence-electron chi connectivity index (χ0n) is 9.77. The van der Waals surface area contributed by atoms with E-state index < -0.39 is 24.8 Å². The number of aliphatic hydroxyl groups excluding tert-OH is 3. The number of hydrogen-bond donors (Lipinski definition) is 3. The summed E-state index contributed by atoms with van der Waals surface area (Å²) < 4.78 is 4.96. The number of carbonyl (C=O) groups is 1. The first-order valence-corrected chi connectivity index (χ1v) is 5.54. The van der Waals surface area contributed by atoms with Crippen LogP contribution in [0.4, 0.5) is 0 Å². The van der Waals surface area contributed by atoms with Crippen LogP contribution in [-0.2, 0) is 4.79 Å². The van der Waals surface area contributed by atoms with Crippen LogP contribution in [0.2, 0.25) is 0 Å². The Bertz CT molecular complexity index is 388. The minimum absolute atomic E-state index is 0.0611. The lowest BCUT2D eigenvalue weighted by Crippen LogP contribution is -2.28. The Hall–Kier alpha value is -1.69. The summed E-state index contributed by atoms with van der Waals surface area (Å²) in [5, 5.41) is 27.0. The number of ether oxygens (including phenoxy) is 1. The van der Waals surface area contributed by atoms with Crippen molar-refractivity contribution in [2.75, 3.05) is 6.61 Å². The van der Waals surface area contributed by atoms with Crippen molar-refractivity contribution in [1.82, 2.24) is 0 Å². The normalized spacial score (nSPS) is 14.4. The van der Waals surface area contributed by atoms with Crippen molar-refractivity contribution >= 4 is 5.97 Å². The third-order valence-corrected chi connectivity index (χ3v) is 2.22. The van der Waals surface area contributed by atoms with Crippen molar-refractivity contribution in [2.45, 2.75) is 18.6 Å². The summed E-state index contributed by atoms with van der Waals surface area (Å²) in [6.45, 7) is -0.524. The molecule has 0 fully saturated rings. The summed E-state index contributed by atoms with van der Waals surface area (Å²) in [5.41, 5.74) is 0. The third kappa shape index (κ3) is 5.09. The van der Waals surface area contributed by atoms with Gasteiger partial charge < -0.3 is 20.1 Å². The lowest BCUT2D eigenvalue weighted by atomic mass is 10.1. The molecule has 2 atom stereocenters. The lowest BCUT2D eigenvalue weighted by Gasteiger charge is -2.12. The maximum atomic E-state index is 11.3. The van der Waals surface area contributed by atoms with Gasteiger partial charge in [-0.3, -0.25) is 0 Å². The van der Waals surface area contributed by atoms with E-state index in [4.69, 9.17) is 14.9 Å². The van der Waals surface area contributed by atoms with Crippen molar-refractivity contribution in [3.63, 3.8) is 0 Å². The molecule has 0 heterocycles. The predicted octanol–water partition coefficient (Wildman–Crippen LogP) is 0.252. The maximum absolute atomic E-state index is 11.3. The van der Waals surface area contributed by atoms with Gasteiger partial charge in [0.2, 0.25) is 0 Å². The van der Waals surface area contributed by atoms with Crippen LogP contribution in [0.5, 0.6) is 5.75 Å². The van der Waals surface area contributed by atoms with E-state index >= 15 is 0 Å². The number of hydrogen-bond acceptors (Lipinski definition) is 5. The molecule has 3 N–H and O–H groups in total. The highest BCUT2D eigenvalue weighted by Crippen LogP contribution is 2.08. The van der Waals surface area contributed by atoms with E-state index in [2.05, 4.69) is 0 Å². The van der Waals surface area contributed by atoms with Crippen molar-refractivity contribution < 1.29 is 24.9 Å². The van der Waals surface area contributed by atoms with Gasteiger partial charge in [0, 0.05) is 6.08 Å². The molecule has 98 valence electrons. The van der Waals surface area contributed by atoms with Crippen LogP contribution in [0.1, 0.15) is 6.42 Å². The van der Waals surface area contributed by atoms with Crippen LogP contribution in [0.25, 0.3) is 0 Å². The van der Waals surface area contributed by atoms with Crippen LogP contribution in [-0.4, -0.2) is 40.1 Å². The zero-order chi connectivity index (χ0) is 13.4. The molecule has 18 heavy (non-hydrogen) atoms. The molecule has 0 unspecified atom stereocenters. The summed E-state index contributed by atoms with van der Waals surface area (Å²) in [5.74, 6) is -0.130. The fourth-order valence-electron chi connectivity index (χ4n) is 1.22. The van der Waals surface area contributed by atoms with Gasteiger partial charge in [0.15, 0.2) is 0 Å². The summed E-state index contributed by atoms with van der Waals surface area (Å²) in [6, 6.07) is 8.59. The highest BCUT2D eigenvalue weighted by Gasteiger charge is 2.13. The summed E-state index contributed by atoms with van der Waals surface area (Å²) in [6.07, 6.45) is 0.302. The molecule has 1 rings (SSSR count). The van der Waals surface area contributed by atoms with Crippen molar-refractivity contribution in [1.29, 1.82) is 0 Å². The van der Waals surface area contributed by atoms with Gasteiger partial charge in [0.1, 0.15) is 11.9 Å². The first kappa shape index (κ1) is 14.4. The van der Waals surface area contributed by atoms with Gasteiger partial charge in [0.25, 0.3) is 0 Å². The van der Waals surface area contributed by atoms with Gasteiger partial charge in [-0.05, 0) is 18.6 Å². The second kappa shape index (κ2) is 7.60. The molecule has 5 heteroatoms. The SMILES string of the molecule is O=C(/C=C/C[C@@H](O)[C@@H](O)CO)Oc1ccccc1. The molecular weight excluding hydrogens is 236 g/mol. The molecule has 0 radical (unpaired) electrons.